The van der Waals surface area contributed by atoms with Crippen molar-refractivity contribution in [3.05, 3.63) is 64.1 Å². The van der Waals surface area contributed by atoms with Crippen LogP contribution in [0.1, 0.15) is 15.9 Å². The smallest absolute Gasteiger partial charge is 0.182 e. The fraction of sp³-hybridized carbons (Fsp3) is 0.0714. The highest BCUT2D eigenvalue weighted by Gasteiger charge is 2.15. The summed E-state index contributed by atoms with van der Waals surface area (Å²) in [5.74, 6) is -1.46. The molecule has 0 saturated carbocycles. The second-order valence-electron chi connectivity index (χ2n) is 4.20. The van der Waals surface area contributed by atoms with Gasteiger partial charge in [-0.05, 0) is 35.4 Å². The van der Waals surface area contributed by atoms with Gasteiger partial charge in [-0.1, -0.05) is 40.2 Å². The van der Waals surface area contributed by atoms with Crippen LogP contribution in [-0.4, -0.2) is 14.4 Å². The molecule has 6 heteroatoms. The van der Waals surface area contributed by atoms with Gasteiger partial charge in [-0.15, -0.1) is 0 Å². The number of carbonyl (C=O) groups excluding carboxylic acids is 1. The summed E-state index contributed by atoms with van der Waals surface area (Å²) in [7, 11) is -3.45. The molecule has 0 spiro atoms. The lowest BCUT2D eigenvalue weighted by atomic mass is 10.1. The fourth-order valence-corrected chi connectivity index (χ4v) is 3.29. The molecule has 0 bridgehead atoms. The van der Waals surface area contributed by atoms with Crippen LogP contribution in [0.15, 0.2) is 57.9 Å². The van der Waals surface area contributed by atoms with Gasteiger partial charge in [0.1, 0.15) is 0 Å². The molecule has 4 nitrogen and oxygen atoms in total. The van der Waals surface area contributed by atoms with E-state index < -0.39 is 15.8 Å². The van der Waals surface area contributed by atoms with E-state index in [1.807, 2.05) is 0 Å². The van der Waals surface area contributed by atoms with E-state index in [2.05, 4.69) is 15.9 Å². The van der Waals surface area contributed by atoms with E-state index in [4.69, 9.17) is 0 Å². The highest BCUT2D eigenvalue weighted by molar-refractivity contribution is 9.10. The van der Waals surface area contributed by atoms with Crippen molar-refractivity contribution in [2.75, 3.05) is 0 Å². The molecular weight excluding hydrogens is 344 g/mol. The monoisotopic (exact) mass is 353 g/mol. The Kier molecular flexibility index (Phi) is 4.25. The third-order valence-corrected chi connectivity index (χ3v) is 4.95. The van der Waals surface area contributed by atoms with E-state index in [0.717, 1.165) is 4.47 Å². The maximum Gasteiger partial charge on any atom is 0.182 e. The second-order valence-corrected chi connectivity index (χ2v) is 7.10. The fourth-order valence-electron chi connectivity index (χ4n) is 1.68. The molecule has 104 valence electrons. The number of hydrogen-bond acceptors (Lipinski definition) is 4. The first-order chi connectivity index (χ1) is 9.38. The highest BCUT2D eigenvalue weighted by atomic mass is 79.9. The molecule has 0 aliphatic carbocycles. The third-order valence-electron chi connectivity index (χ3n) is 2.72. The number of aromatic carboxylic acids is 1. The Morgan fingerprint density at radius 1 is 1.00 bits per heavy atom. The predicted molar refractivity (Wildman–Crippen MR) is 75.8 cm³/mol. The van der Waals surface area contributed by atoms with Gasteiger partial charge in [0.2, 0.25) is 0 Å². The molecule has 0 aliphatic heterocycles. The minimum atomic E-state index is -3.45. The second kappa shape index (κ2) is 5.76. The molecule has 0 fully saturated rings. The van der Waals surface area contributed by atoms with E-state index in [-0.39, 0.29) is 16.2 Å². The number of rotatable bonds is 4. The molecule has 0 heterocycles. The summed E-state index contributed by atoms with van der Waals surface area (Å²) in [5.41, 5.74) is 0.549. The molecule has 0 saturated heterocycles. The van der Waals surface area contributed by atoms with E-state index in [0.29, 0.717) is 5.56 Å². The summed E-state index contributed by atoms with van der Waals surface area (Å²) in [5, 5.41) is 10.6. The van der Waals surface area contributed by atoms with E-state index in [1.54, 1.807) is 12.1 Å². The van der Waals surface area contributed by atoms with Crippen molar-refractivity contribution < 1.29 is 18.3 Å². The van der Waals surface area contributed by atoms with Crippen molar-refractivity contribution >= 4 is 31.7 Å². The molecule has 2 rings (SSSR count). The lowest BCUT2D eigenvalue weighted by Crippen LogP contribution is -2.22. The van der Waals surface area contributed by atoms with Crippen LogP contribution in [0.25, 0.3) is 0 Å². The minimum Gasteiger partial charge on any atom is -0.545 e. The largest absolute Gasteiger partial charge is 0.545 e. The molecule has 0 unspecified atom stereocenters. The molecule has 0 aliphatic rings. The van der Waals surface area contributed by atoms with Crippen molar-refractivity contribution in [1.29, 1.82) is 0 Å². The number of halogens is 1. The van der Waals surface area contributed by atoms with Gasteiger partial charge in [-0.25, -0.2) is 8.42 Å². The predicted octanol–water partition coefficient (Wildman–Crippen LogP) is 1.79. The van der Waals surface area contributed by atoms with Crippen LogP contribution in [0.4, 0.5) is 0 Å². The standard InChI is InChI=1S/C14H11BrO4S/c15-12-5-7-13(8-6-12)20(18,19)9-10-1-3-11(4-2-10)14(16)17/h1-8H,9H2,(H,16,17)/p-1. The average molecular weight is 354 g/mol. The normalized spacial score (nSPS) is 11.2. The highest BCUT2D eigenvalue weighted by Crippen LogP contribution is 2.19. The Hall–Kier alpha value is -1.66. The first-order valence-corrected chi connectivity index (χ1v) is 8.11. The van der Waals surface area contributed by atoms with E-state index >= 15 is 0 Å². The molecule has 0 radical (unpaired) electrons. The van der Waals surface area contributed by atoms with Gasteiger partial charge in [0.25, 0.3) is 0 Å². The number of carbonyl (C=O) groups is 1. The maximum atomic E-state index is 12.2. The Bertz CT molecular complexity index is 719. The lowest BCUT2D eigenvalue weighted by molar-refractivity contribution is -0.255. The Labute approximate surface area is 125 Å². The Balaban J connectivity index is 2.24. The van der Waals surface area contributed by atoms with Crippen molar-refractivity contribution in [2.24, 2.45) is 0 Å². The molecule has 0 atom stereocenters. The number of carboxylic acids is 1. The van der Waals surface area contributed by atoms with Gasteiger partial charge >= 0.3 is 0 Å². The van der Waals surface area contributed by atoms with Crippen molar-refractivity contribution in [3.8, 4) is 0 Å². The zero-order chi connectivity index (χ0) is 14.8. The van der Waals surface area contributed by atoms with E-state index in [9.17, 15) is 18.3 Å². The lowest BCUT2D eigenvalue weighted by Gasteiger charge is -2.07. The van der Waals surface area contributed by atoms with Gasteiger partial charge in [-0.3, -0.25) is 0 Å². The number of sulfone groups is 1. The average Bonchev–Trinajstić information content (AvgIpc) is 2.39. The molecule has 0 amide bonds. The SMILES string of the molecule is O=C([O-])c1ccc(CS(=O)(=O)c2ccc(Br)cc2)cc1. The molecule has 20 heavy (non-hydrogen) atoms. The number of carboxylic acid groups (broad SMARTS) is 1. The van der Waals surface area contributed by atoms with Crippen molar-refractivity contribution in [1.82, 2.24) is 0 Å². The summed E-state index contributed by atoms with van der Waals surface area (Å²) in [4.78, 5) is 10.8. The van der Waals surface area contributed by atoms with Crippen LogP contribution in [0.3, 0.4) is 0 Å². The molecule has 0 aromatic heterocycles. The Morgan fingerprint density at radius 2 is 1.55 bits per heavy atom. The third kappa shape index (κ3) is 3.46. The van der Waals surface area contributed by atoms with Gasteiger partial charge < -0.3 is 9.90 Å². The van der Waals surface area contributed by atoms with Crippen LogP contribution in [0.2, 0.25) is 0 Å². The summed E-state index contributed by atoms with van der Waals surface area (Å²) in [6.45, 7) is 0. The van der Waals surface area contributed by atoms with Crippen LogP contribution in [0, 0.1) is 0 Å². The molecule has 0 N–H and O–H groups in total. The zero-order valence-corrected chi connectivity index (χ0v) is 12.6. The Morgan fingerprint density at radius 3 is 2.05 bits per heavy atom. The van der Waals surface area contributed by atoms with Crippen LogP contribution < -0.4 is 5.11 Å². The first kappa shape index (κ1) is 14.7. The topological polar surface area (TPSA) is 74.3 Å². The quantitative estimate of drug-likeness (QED) is 0.839. The summed E-state index contributed by atoms with van der Waals surface area (Å²) >= 11 is 3.24. The minimum absolute atomic E-state index is 0.0230. The van der Waals surface area contributed by atoms with E-state index in [1.165, 1.54) is 36.4 Å². The van der Waals surface area contributed by atoms with Crippen molar-refractivity contribution in [3.63, 3.8) is 0 Å². The first-order valence-electron chi connectivity index (χ1n) is 5.67. The zero-order valence-electron chi connectivity index (χ0n) is 10.2. The van der Waals surface area contributed by atoms with Crippen LogP contribution >= 0.6 is 15.9 Å². The molecule has 2 aromatic rings. The summed E-state index contributed by atoms with van der Waals surface area (Å²) in [6, 6.07) is 12.0. The van der Waals surface area contributed by atoms with Crippen LogP contribution in [-0.2, 0) is 15.6 Å². The number of benzene rings is 2. The molecule has 2 aromatic carbocycles. The van der Waals surface area contributed by atoms with Crippen LogP contribution in [0.5, 0.6) is 0 Å². The van der Waals surface area contributed by atoms with Gasteiger partial charge in [-0.2, -0.15) is 0 Å². The van der Waals surface area contributed by atoms with Gasteiger partial charge in [0.15, 0.2) is 9.84 Å². The van der Waals surface area contributed by atoms with Gasteiger partial charge in [0.05, 0.1) is 16.6 Å². The summed E-state index contributed by atoms with van der Waals surface area (Å²) in [6.07, 6.45) is 0. The maximum absolute atomic E-state index is 12.2. The van der Waals surface area contributed by atoms with Gasteiger partial charge in [0, 0.05) is 4.47 Å². The summed E-state index contributed by atoms with van der Waals surface area (Å²) < 4.78 is 25.2. The number of hydrogen-bond donors (Lipinski definition) is 0. The van der Waals surface area contributed by atoms with Crippen molar-refractivity contribution in [2.45, 2.75) is 10.6 Å². The molecular formula is C14H10BrO4S-.